The Morgan fingerprint density at radius 3 is 0.808 bits per heavy atom. The number of rotatable bonds is 23. The second-order valence-electron chi connectivity index (χ2n) is 8.47. The Morgan fingerprint density at radius 1 is 0.308 bits per heavy atom. The second kappa shape index (κ2) is 25.0. The lowest BCUT2D eigenvalue weighted by Gasteiger charge is -2.05. The molecule has 0 aliphatic carbocycles. The van der Waals surface area contributed by atoms with E-state index in [9.17, 15) is 0 Å². The van der Waals surface area contributed by atoms with E-state index in [-0.39, 0.29) is 0 Å². The van der Waals surface area contributed by atoms with Crippen molar-refractivity contribution in [3.8, 4) is 0 Å². The molecule has 0 radical (unpaired) electrons. The van der Waals surface area contributed by atoms with Crippen molar-refractivity contribution < 1.29 is 0 Å². The van der Waals surface area contributed by atoms with Crippen molar-refractivity contribution in [1.29, 1.82) is 0 Å². The lowest BCUT2D eigenvalue weighted by atomic mass is 10.0. The van der Waals surface area contributed by atoms with Gasteiger partial charge >= 0.3 is 0 Å². The fraction of sp³-hybridized carbons (Fsp3) is 1.00. The fourth-order valence-electron chi connectivity index (χ4n) is 3.78. The first-order valence-electron chi connectivity index (χ1n) is 12.6. The Bertz CT molecular complexity index is 202. The standard InChI is InChI=1S/C25H53N/c1-3-5-7-9-11-12-13-14-15-16-17-19-21-23-25-26-24-22-20-18-10-8-6-4-2/h26H,3-25H2,1-2H3. The van der Waals surface area contributed by atoms with Crippen molar-refractivity contribution in [3.05, 3.63) is 0 Å². The van der Waals surface area contributed by atoms with E-state index in [1.807, 2.05) is 0 Å². The van der Waals surface area contributed by atoms with E-state index in [1.165, 1.54) is 148 Å². The number of hydrogen-bond donors (Lipinski definition) is 1. The molecule has 0 rings (SSSR count). The molecule has 0 amide bonds. The van der Waals surface area contributed by atoms with Crippen LogP contribution in [0.25, 0.3) is 0 Å². The Hall–Kier alpha value is -0.0400. The van der Waals surface area contributed by atoms with Crippen LogP contribution in [0.4, 0.5) is 0 Å². The van der Waals surface area contributed by atoms with Crippen LogP contribution in [0.3, 0.4) is 0 Å². The van der Waals surface area contributed by atoms with Gasteiger partial charge in [-0.25, -0.2) is 0 Å². The molecule has 1 N–H and O–H groups in total. The van der Waals surface area contributed by atoms with Gasteiger partial charge in [0.2, 0.25) is 0 Å². The van der Waals surface area contributed by atoms with E-state index in [1.54, 1.807) is 0 Å². The van der Waals surface area contributed by atoms with Crippen LogP contribution in [0, 0.1) is 0 Å². The van der Waals surface area contributed by atoms with Crippen molar-refractivity contribution >= 4 is 0 Å². The number of hydrogen-bond acceptors (Lipinski definition) is 1. The molecule has 0 heterocycles. The lowest BCUT2D eigenvalue weighted by Crippen LogP contribution is -2.16. The van der Waals surface area contributed by atoms with Gasteiger partial charge in [-0.3, -0.25) is 0 Å². The minimum atomic E-state index is 1.24. The molecule has 0 bridgehead atoms. The topological polar surface area (TPSA) is 12.0 Å². The lowest BCUT2D eigenvalue weighted by molar-refractivity contribution is 0.523. The van der Waals surface area contributed by atoms with E-state index in [0.717, 1.165) is 0 Å². The highest BCUT2D eigenvalue weighted by Crippen LogP contribution is 2.12. The highest BCUT2D eigenvalue weighted by atomic mass is 14.8. The molecule has 0 fully saturated rings. The Kier molecular flexibility index (Phi) is 24.9. The van der Waals surface area contributed by atoms with Crippen molar-refractivity contribution in [1.82, 2.24) is 5.32 Å². The maximum absolute atomic E-state index is 3.63. The van der Waals surface area contributed by atoms with Gasteiger partial charge in [0.15, 0.2) is 0 Å². The molecular weight excluding hydrogens is 314 g/mol. The molecule has 0 aromatic heterocycles. The van der Waals surface area contributed by atoms with Crippen LogP contribution in [0.1, 0.15) is 149 Å². The monoisotopic (exact) mass is 367 g/mol. The molecule has 26 heavy (non-hydrogen) atoms. The second-order valence-corrected chi connectivity index (χ2v) is 8.47. The van der Waals surface area contributed by atoms with Gasteiger partial charge in [-0.15, -0.1) is 0 Å². The first-order chi connectivity index (χ1) is 12.9. The van der Waals surface area contributed by atoms with Crippen LogP contribution in [0.2, 0.25) is 0 Å². The summed E-state index contributed by atoms with van der Waals surface area (Å²) in [6.07, 6.45) is 30.3. The molecule has 0 atom stereocenters. The van der Waals surface area contributed by atoms with Crippen LogP contribution in [-0.4, -0.2) is 13.1 Å². The molecule has 0 aliphatic heterocycles. The van der Waals surface area contributed by atoms with E-state index < -0.39 is 0 Å². The maximum Gasteiger partial charge on any atom is -0.00489 e. The zero-order valence-electron chi connectivity index (χ0n) is 18.8. The largest absolute Gasteiger partial charge is 0.317 e. The van der Waals surface area contributed by atoms with Gasteiger partial charge in [-0.1, -0.05) is 136 Å². The highest BCUT2D eigenvalue weighted by Gasteiger charge is 1.95. The molecule has 0 unspecified atom stereocenters. The predicted molar refractivity (Wildman–Crippen MR) is 121 cm³/mol. The van der Waals surface area contributed by atoms with Crippen molar-refractivity contribution in [2.24, 2.45) is 0 Å². The van der Waals surface area contributed by atoms with E-state index in [2.05, 4.69) is 19.2 Å². The average molecular weight is 368 g/mol. The van der Waals surface area contributed by atoms with Crippen LogP contribution < -0.4 is 5.32 Å². The summed E-state index contributed by atoms with van der Waals surface area (Å²) < 4.78 is 0. The molecular formula is C25H53N. The highest BCUT2D eigenvalue weighted by molar-refractivity contribution is 4.53. The van der Waals surface area contributed by atoms with Crippen molar-refractivity contribution in [2.75, 3.05) is 13.1 Å². The fourth-order valence-corrected chi connectivity index (χ4v) is 3.78. The maximum atomic E-state index is 3.63. The zero-order valence-corrected chi connectivity index (χ0v) is 18.8. The summed E-state index contributed by atoms with van der Waals surface area (Å²) in [5, 5.41) is 3.63. The third-order valence-corrected chi connectivity index (χ3v) is 5.66. The van der Waals surface area contributed by atoms with E-state index in [0.29, 0.717) is 0 Å². The zero-order chi connectivity index (χ0) is 19.0. The molecule has 158 valence electrons. The van der Waals surface area contributed by atoms with Gasteiger partial charge in [0.05, 0.1) is 0 Å². The summed E-state index contributed by atoms with van der Waals surface area (Å²) in [5.41, 5.74) is 0. The molecule has 0 spiro atoms. The van der Waals surface area contributed by atoms with E-state index >= 15 is 0 Å². The van der Waals surface area contributed by atoms with Gasteiger partial charge in [0, 0.05) is 0 Å². The smallest absolute Gasteiger partial charge is 0.00489 e. The Balaban J connectivity index is 2.95. The SMILES string of the molecule is CCCCCCCCCCCCCCCCNCCCCCCCCC. The van der Waals surface area contributed by atoms with Gasteiger partial charge in [0.25, 0.3) is 0 Å². The third kappa shape index (κ3) is 24.0. The van der Waals surface area contributed by atoms with Crippen LogP contribution in [0.15, 0.2) is 0 Å². The minimum Gasteiger partial charge on any atom is -0.317 e. The summed E-state index contributed by atoms with van der Waals surface area (Å²) >= 11 is 0. The first-order valence-corrected chi connectivity index (χ1v) is 12.6. The quantitative estimate of drug-likeness (QED) is 0.178. The van der Waals surface area contributed by atoms with Gasteiger partial charge in [0.1, 0.15) is 0 Å². The van der Waals surface area contributed by atoms with E-state index in [4.69, 9.17) is 0 Å². The van der Waals surface area contributed by atoms with Gasteiger partial charge in [-0.2, -0.15) is 0 Å². The average Bonchev–Trinajstić information content (AvgIpc) is 2.66. The van der Waals surface area contributed by atoms with Crippen LogP contribution >= 0.6 is 0 Å². The first kappa shape index (κ1) is 26.0. The summed E-state index contributed by atoms with van der Waals surface area (Å²) in [6.45, 7) is 7.08. The molecule has 0 saturated heterocycles. The number of unbranched alkanes of at least 4 members (excludes halogenated alkanes) is 19. The van der Waals surface area contributed by atoms with Crippen LogP contribution in [0.5, 0.6) is 0 Å². The van der Waals surface area contributed by atoms with Gasteiger partial charge in [-0.05, 0) is 25.9 Å². The Labute approximate surface area is 167 Å². The summed E-state index contributed by atoms with van der Waals surface area (Å²) in [5.74, 6) is 0. The van der Waals surface area contributed by atoms with Crippen molar-refractivity contribution in [2.45, 2.75) is 149 Å². The molecule has 1 heteroatoms. The van der Waals surface area contributed by atoms with Gasteiger partial charge < -0.3 is 5.32 Å². The molecule has 0 saturated carbocycles. The predicted octanol–water partition coefficient (Wildman–Crippen LogP) is 8.81. The molecule has 0 aromatic carbocycles. The number of nitrogens with one attached hydrogen (secondary N) is 1. The molecule has 0 aliphatic rings. The summed E-state index contributed by atoms with van der Waals surface area (Å²) in [6, 6.07) is 0. The Morgan fingerprint density at radius 2 is 0.538 bits per heavy atom. The summed E-state index contributed by atoms with van der Waals surface area (Å²) in [4.78, 5) is 0. The molecule has 1 nitrogen and oxygen atoms in total. The van der Waals surface area contributed by atoms with Crippen molar-refractivity contribution in [3.63, 3.8) is 0 Å². The summed E-state index contributed by atoms with van der Waals surface area (Å²) in [7, 11) is 0. The normalized spacial score (nSPS) is 11.3. The van der Waals surface area contributed by atoms with Crippen LogP contribution in [-0.2, 0) is 0 Å². The minimum absolute atomic E-state index is 1.24. The molecule has 0 aromatic rings. The third-order valence-electron chi connectivity index (χ3n) is 5.66.